The van der Waals surface area contributed by atoms with Crippen molar-refractivity contribution in [1.82, 2.24) is 4.98 Å². The van der Waals surface area contributed by atoms with Gasteiger partial charge in [0.05, 0.1) is 10.2 Å². The fourth-order valence-electron chi connectivity index (χ4n) is 2.15. The van der Waals surface area contributed by atoms with E-state index in [2.05, 4.69) is 28.7 Å². The fourth-order valence-corrected chi connectivity index (χ4v) is 4.53. The van der Waals surface area contributed by atoms with E-state index >= 15 is 0 Å². The minimum atomic E-state index is -2.45. The van der Waals surface area contributed by atoms with Crippen LogP contribution in [0.2, 0.25) is 6.04 Å². The second-order valence-electron chi connectivity index (χ2n) is 4.22. The summed E-state index contributed by atoms with van der Waals surface area (Å²) in [6.07, 6.45) is 1.90. The number of aryl methyl sites for hydroxylation is 1. The molecule has 0 saturated heterocycles. The van der Waals surface area contributed by atoms with E-state index in [1.165, 1.54) is 10.3 Å². The van der Waals surface area contributed by atoms with Crippen LogP contribution in [-0.2, 0) is 19.7 Å². The Morgan fingerprint density at radius 1 is 1.21 bits per heavy atom. The first-order valence-electron chi connectivity index (χ1n) is 6.14. The van der Waals surface area contributed by atoms with Crippen LogP contribution in [-0.4, -0.2) is 35.1 Å². The van der Waals surface area contributed by atoms with Crippen LogP contribution in [0, 0.1) is 5.51 Å². The molecule has 0 fully saturated rings. The zero-order valence-corrected chi connectivity index (χ0v) is 13.3. The van der Waals surface area contributed by atoms with Crippen molar-refractivity contribution in [2.45, 2.75) is 18.9 Å². The number of fused-ring (bicyclic) bond motifs is 1. The highest BCUT2D eigenvalue weighted by Gasteiger charge is 2.36. The van der Waals surface area contributed by atoms with Crippen LogP contribution in [0.3, 0.4) is 0 Å². The maximum Gasteiger partial charge on any atom is 0.500 e. The number of hydrogen-bond acceptors (Lipinski definition) is 5. The molecule has 0 bridgehead atoms. The van der Waals surface area contributed by atoms with E-state index in [9.17, 15) is 0 Å². The third kappa shape index (κ3) is 3.21. The molecule has 0 atom stereocenters. The molecule has 6 heteroatoms. The van der Waals surface area contributed by atoms with Crippen molar-refractivity contribution < 1.29 is 13.3 Å². The highest BCUT2D eigenvalue weighted by Crippen LogP contribution is 2.23. The van der Waals surface area contributed by atoms with E-state index in [0.717, 1.165) is 24.4 Å². The summed E-state index contributed by atoms with van der Waals surface area (Å²) in [6, 6.07) is 7.06. The molecule has 0 aliphatic rings. The van der Waals surface area contributed by atoms with Crippen LogP contribution >= 0.6 is 11.3 Å². The van der Waals surface area contributed by atoms with Gasteiger partial charge in [0.25, 0.3) is 0 Å². The highest BCUT2D eigenvalue weighted by atomic mass is 32.1. The third-order valence-electron chi connectivity index (χ3n) is 3.26. The van der Waals surface area contributed by atoms with Gasteiger partial charge in [-0.3, -0.25) is 0 Å². The van der Waals surface area contributed by atoms with Gasteiger partial charge in [-0.1, -0.05) is 12.1 Å². The first kappa shape index (κ1) is 14.6. The molecule has 0 aliphatic heterocycles. The van der Waals surface area contributed by atoms with Crippen LogP contribution in [0.25, 0.3) is 10.2 Å². The van der Waals surface area contributed by atoms with Crippen LogP contribution in [0.5, 0.6) is 0 Å². The van der Waals surface area contributed by atoms with Crippen molar-refractivity contribution >= 4 is 30.4 Å². The second kappa shape index (κ2) is 6.58. The van der Waals surface area contributed by atoms with Crippen molar-refractivity contribution in [2.24, 2.45) is 0 Å². The zero-order valence-electron chi connectivity index (χ0n) is 11.4. The largest absolute Gasteiger partial charge is 0.500 e. The van der Waals surface area contributed by atoms with Crippen LogP contribution in [0.15, 0.2) is 18.2 Å². The molecule has 1 aromatic heterocycles. The lowest BCUT2D eigenvalue weighted by Gasteiger charge is -2.24. The first-order chi connectivity index (χ1) is 9.24. The molecule has 19 heavy (non-hydrogen) atoms. The summed E-state index contributed by atoms with van der Waals surface area (Å²) in [7, 11) is 2.50. The summed E-state index contributed by atoms with van der Waals surface area (Å²) in [4.78, 5) is 4.31. The minimum absolute atomic E-state index is 0.806. The normalized spacial score (nSPS) is 12.2. The summed E-state index contributed by atoms with van der Waals surface area (Å²) in [5.74, 6) is 0. The lowest BCUT2D eigenvalue weighted by molar-refractivity contribution is 0.123. The predicted molar refractivity (Wildman–Crippen MR) is 78.4 cm³/mol. The van der Waals surface area contributed by atoms with Gasteiger partial charge in [0.15, 0.2) is 5.51 Å². The molecule has 2 aromatic rings. The molecule has 0 amide bonds. The Morgan fingerprint density at radius 3 is 2.63 bits per heavy atom. The molecular weight excluding hydrogens is 278 g/mol. The number of aromatic nitrogens is 1. The SMILES string of the molecule is CO[Si](CCCc1cccc2s[c]nc12)(OC)OC. The molecule has 0 saturated carbocycles. The predicted octanol–water partition coefficient (Wildman–Crippen LogP) is 2.91. The van der Waals surface area contributed by atoms with Gasteiger partial charge in [-0.25, -0.2) is 4.98 Å². The van der Waals surface area contributed by atoms with Gasteiger partial charge in [0.2, 0.25) is 0 Å². The Hall–Kier alpha value is -0.793. The smallest absolute Gasteiger partial charge is 0.377 e. The van der Waals surface area contributed by atoms with Crippen molar-refractivity contribution in [2.75, 3.05) is 21.3 Å². The number of para-hydroxylation sites is 1. The summed E-state index contributed by atoms with van der Waals surface area (Å²) in [5.41, 5.74) is 5.26. The van der Waals surface area contributed by atoms with Crippen molar-refractivity contribution in [3.63, 3.8) is 0 Å². The van der Waals surface area contributed by atoms with Crippen molar-refractivity contribution in [3.8, 4) is 0 Å². The minimum Gasteiger partial charge on any atom is -0.377 e. The summed E-state index contributed by atoms with van der Waals surface area (Å²) >= 11 is 1.55. The average Bonchev–Trinajstić information content (AvgIpc) is 2.93. The first-order valence-corrected chi connectivity index (χ1v) is 8.89. The molecule has 1 heterocycles. The quantitative estimate of drug-likeness (QED) is 0.737. The Labute approximate surface area is 118 Å². The maximum atomic E-state index is 5.42. The van der Waals surface area contributed by atoms with Gasteiger partial charge < -0.3 is 13.3 Å². The third-order valence-corrected chi connectivity index (χ3v) is 6.82. The number of thiazole rings is 1. The standard InChI is InChI=1S/C13H18NO3SSi/c1-15-19(16-2,17-3)9-5-7-11-6-4-8-12-13(11)14-10-18-12/h4,6,8H,5,7,9H2,1-3H3. The number of benzene rings is 1. The fraction of sp³-hybridized carbons (Fsp3) is 0.462. The van der Waals surface area contributed by atoms with Crippen LogP contribution in [0.4, 0.5) is 0 Å². The van der Waals surface area contributed by atoms with Gasteiger partial charge in [-0.2, -0.15) is 0 Å². The molecule has 0 spiro atoms. The number of rotatable bonds is 7. The Morgan fingerprint density at radius 2 is 1.95 bits per heavy atom. The Bertz CT molecular complexity index is 519. The number of nitrogens with zero attached hydrogens (tertiary/aromatic N) is 1. The highest BCUT2D eigenvalue weighted by molar-refractivity contribution is 7.16. The van der Waals surface area contributed by atoms with Gasteiger partial charge >= 0.3 is 8.80 Å². The molecule has 0 N–H and O–H groups in total. The van der Waals surface area contributed by atoms with Gasteiger partial charge in [0.1, 0.15) is 0 Å². The number of hydrogen-bond donors (Lipinski definition) is 0. The molecule has 1 radical (unpaired) electrons. The average molecular weight is 296 g/mol. The van der Waals surface area contributed by atoms with Crippen molar-refractivity contribution in [1.29, 1.82) is 0 Å². The summed E-state index contributed by atoms with van der Waals surface area (Å²) in [6.45, 7) is 0. The monoisotopic (exact) mass is 296 g/mol. The topological polar surface area (TPSA) is 40.6 Å². The Kier molecular flexibility index (Phi) is 5.06. The molecule has 4 nitrogen and oxygen atoms in total. The van der Waals surface area contributed by atoms with Gasteiger partial charge in [-0.05, 0) is 24.5 Å². The van der Waals surface area contributed by atoms with E-state index in [1.807, 2.05) is 0 Å². The molecule has 0 unspecified atom stereocenters. The molecule has 103 valence electrons. The van der Waals surface area contributed by atoms with Crippen LogP contribution < -0.4 is 0 Å². The van der Waals surface area contributed by atoms with Crippen molar-refractivity contribution in [3.05, 3.63) is 29.3 Å². The van der Waals surface area contributed by atoms with Gasteiger partial charge in [-0.15, -0.1) is 11.3 Å². The molecule has 0 aliphatic carbocycles. The molecule has 1 aromatic carbocycles. The molecular formula is C13H18NO3SSi. The van der Waals surface area contributed by atoms with E-state index in [4.69, 9.17) is 13.3 Å². The zero-order chi connectivity index (χ0) is 13.7. The lowest BCUT2D eigenvalue weighted by Crippen LogP contribution is -2.42. The summed E-state index contributed by atoms with van der Waals surface area (Å²) < 4.78 is 17.5. The van der Waals surface area contributed by atoms with Crippen LogP contribution in [0.1, 0.15) is 12.0 Å². The summed E-state index contributed by atoms with van der Waals surface area (Å²) in [5, 5.41) is 0. The Balaban J connectivity index is 2.01. The van der Waals surface area contributed by atoms with Gasteiger partial charge in [0, 0.05) is 27.4 Å². The van der Waals surface area contributed by atoms with E-state index in [1.54, 1.807) is 32.7 Å². The molecule has 2 rings (SSSR count). The van der Waals surface area contributed by atoms with E-state index in [0.29, 0.717) is 0 Å². The maximum absolute atomic E-state index is 5.42. The van der Waals surface area contributed by atoms with E-state index in [-0.39, 0.29) is 0 Å². The second-order valence-corrected chi connectivity index (χ2v) is 8.14. The lowest BCUT2D eigenvalue weighted by atomic mass is 10.1. The van der Waals surface area contributed by atoms with E-state index < -0.39 is 8.80 Å².